The minimum Gasteiger partial charge on any atom is -0.466 e. The second-order valence-corrected chi connectivity index (χ2v) is 4.86. The molecule has 0 saturated carbocycles. The van der Waals surface area contributed by atoms with Gasteiger partial charge in [-0.1, -0.05) is 12.1 Å². The zero-order valence-corrected chi connectivity index (χ0v) is 11.6. The Bertz CT molecular complexity index is 482. The van der Waals surface area contributed by atoms with Crippen LogP contribution in [0.4, 0.5) is 5.69 Å². The molecule has 0 aliphatic carbocycles. The molecule has 20 heavy (non-hydrogen) atoms. The van der Waals surface area contributed by atoms with Gasteiger partial charge < -0.3 is 15.4 Å². The Balaban J connectivity index is 1.95. The first-order chi connectivity index (χ1) is 9.69. The third-order valence-corrected chi connectivity index (χ3v) is 3.28. The Morgan fingerprint density at radius 3 is 3.00 bits per heavy atom. The zero-order valence-electron chi connectivity index (χ0n) is 11.6. The third kappa shape index (κ3) is 4.06. The van der Waals surface area contributed by atoms with E-state index < -0.39 is 0 Å². The fraction of sp³-hybridized carbons (Fsp3) is 0.467. The van der Waals surface area contributed by atoms with E-state index in [0.29, 0.717) is 6.61 Å². The van der Waals surface area contributed by atoms with Gasteiger partial charge in [0.05, 0.1) is 18.9 Å². The van der Waals surface area contributed by atoms with Crippen LogP contribution in [-0.4, -0.2) is 31.6 Å². The van der Waals surface area contributed by atoms with E-state index >= 15 is 0 Å². The van der Waals surface area contributed by atoms with Gasteiger partial charge in [-0.3, -0.25) is 9.59 Å². The van der Waals surface area contributed by atoms with Gasteiger partial charge in [-0.25, -0.2) is 0 Å². The van der Waals surface area contributed by atoms with Crippen LogP contribution in [-0.2, 0) is 20.7 Å². The molecular weight excluding hydrogens is 256 g/mol. The molecule has 1 aliphatic rings. The molecule has 5 heteroatoms. The van der Waals surface area contributed by atoms with E-state index in [4.69, 9.17) is 4.74 Å². The van der Waals surface area contributed by atoms with Crippen molar-refractivity contribution in [1.82, 2.24) is 5.32 Å². The fourth-order valence-electron chi connectivity index (χ4n) is 2.26. The van der Waals surface area contributed by atoms with Gasteiger partial charge in [-0.15, -0.1) is 0 Å². The Morgan fingerprint density at radius 2 is 2.30 bits per heavy atom. The smallest absolute Gasteiger partial charge is 0.310 e. The molecule has 0 aromatic heterocycles. The van der Waals surface area contributed by atoms with Gasteiger partial charge in [-0.2, -0.15) is 0 Å². The van der Waals surface area contributed by atoms with Crippen molar-refractivity contribution in [3.05, 3.63) is 29.8 Å². The Labute approximate surface area is 118 Å². The quantitative estimate of drug-likeness (QED) is 0.796. The number of rotatable bonds is 5. The van der Waals surface area contributed by atoms with E-state index in [1.807, 2.05) is 24.3 Å². The minimum absolute atomic E-state index is 0.0308. The summed E-state index contributed by atoms with van der Waals surface area (Å²) in [6.07, 6.45) is 1.09. The van der Waals surface area contributed by atoms with Crippen molar-refractivity contribution in [1.29, 1.82) is 0 Å². The fourth-order valence-corrected chi connectivity index (χ4v) is 2.26. The highest BCUT2D eigenvalue weighted by molar-refractivity contribution is 5.93. The average molecular weight is 276 g/mol. The largest absolute Gasteiger partial charge is 0.466 e. The van der Waals surface area contributed by atoms with Gasteiger partial charge in [0.15, 0.2) is 0 Å². The zero-order chi connectivity index (χ0) is 14.4. The molecule has 5 nitrogen and oxygen atoms in total. The SMILES string of the molecule is CCOC(=O)Cc1cccc(NC(=O)C2CCNC2)c1. The summed E-state index contributed by atoms with van der Waals surface area (Å²) in [5.41, 5.74) is 1.56. The molecular formula is C15H20N2O3. The molecule has 0 radical (unpaired) electrons. The number of hydrogen-bond acceptors (Lipinski definition) is 4. The van der Waals surface area contributed by atoms with Gasteiger partial charge in [0.2, 0.25) is 5.91 Å². The van der Waals surface area contributed by atoms with Gasteiger partial charge in [0, 0.05) is 12.2 Å². The van der Waals surface area contributed by atoms with Crippen LogP contribution in [0.5, 0.6) is 0 Å². The van der Waals surface area contributed by atoms with Crippen molar-refractivity contribution >= 4 is 17.6 Å². The first kappa shape index (κ1) is 14.5. The lowest BCUT2D eigenvalue weighted by Gasteiger charge is -2.11. The summed E-state index contributed by atoms with van der Waals surface area (Å²) < 4.78 is 4.91. The van der Waals surface area contributed by atoms with Crippen molar-refractivity contribution in [2.45, 2.75) is 19.8 Å². The number of hydrogen-bond donors (Lipinski definition) is 2. The number of anilines is 1. The van der Waals surface area contributed by atoms with Crippen LogP contribution in [0, 0.1) is 5.92 Å². The highest BCUT2D eigenvalue weighted by atomic mass is 16.5. The molecule has 108 valence electrons. The number of benzene rings is 1. The predicted molar refractivity (Wildman–Crippen MR) is 76.4 cm³/mol. The first-order valence-electron chi connectivity index (χ1n) is 6.95. The van der Waals surface area contributed by atoms with E-state index in [-0.39, 0.29) is 24.2 Å². The molecule has 1 saturated heterocycles. The maximum atomic E-state index is 12.0. The van der Waals surface area contributed by atoms with Crippen molar-refractivity contribution in [3.63, 3.8) is 0 Å². The lowest BCUT2D eigenvalue weighted by Crippen LogP contribution is -2.24. The van der Waals surface area contributed by atoms with Gasteiger partial charge >= 0.3 is 5.97 Å². The van der Waals surface area contributed by atoms with Gasteiger partial charge in [0.25, 0.3) is 0 Å². The predicted octanol–water partition coefficient (Wildman–Crippen LogP) is 1.34. The molecule has 0 spiro atoms. The molecule has 1 heterocycles. The molecule has 1 unspecified atom stereocenters. The number of carbonyl (C=O) groups is 2. The minimum atomic E-state index is -0.254. The van der Waals surface area contributed by atoms with Crippen molar-refractivity contribution < 1.29 is 14.3 Å². The molecule has 1 fully saturated rings. The van der Waals surface area contributed by atoms with E-state index in [9.17, 15) is 9.59 Å². The standard InChI is InChI=1S/C15H20N2O3/c1-2-20-14(18)9-11-4-3-5-13(8-11)17-15(19)12-6-7-16-10-12/h3-5,8,12,16H,2,6-7,9-10H2,1H3,(H,17,19). The van der Waals surface area contributed by atoms with Crippen molar-refractivity contribution in [2.75, 3.05) is 25.0 Å². The van der Waals surface area contributed by atoms with E-state index in [2.05, 4.69) is 10.6 Å². The summed E-state index contributed by atoms with van der Waals surface area (Å²) >= 11 is 0. The number of carbonyl (C=O) groups excluding carboxylic acids is 2. The molecule has 2 rings (SSSR count). The second-order valence-electron chi connectivity index (χ2n) is 4.86. The summed E-state index contributed by atoms with van der Waals surface area (Å²) in [5, 5.41) is 6.07. The third-order valence-electron chi connectivity index (χ3n) is 3.28. The van der Waals surface area contributed by atoms with Crippen LogP contribution in [0.25, 0.3) is 0 Å². The maximum Gasteiger partial charge on any atom is 0.310 e. The maximum absolute atomic E-state index is 12.0. The lowest BCUT2D eigenvalue weighted by atomic mass is 10.1. The lowest BCUT2D eigenvalue weighted by molar-refractivity contribution is -0.142. The molecule has 1 aromatic carbocycles. The number of amides is 1. The van der Waals surface area contributed by atoms with Gasteiger partial charge in [0.1, 0.15) is 0 Å². The van der Waals surface area contributed by atoms with Crippen molar-refractivity contribution in [2.24, 2.45) is 5.92 Å². The summed E-state index contributed by atoms with van der Waals surface area (Å²) in [5.74, 6) is -0.192. The molecule has 1 atom stereocenters. The van der Waals surface area contributed by atoms with Gasteiger partial charge in [-0.05, 0) is 37.6 Å². The number of nitrogens with one attached hydrogen (secondary N) is 2. The van der Waals surface area contributed by atoms with E-state index in [1.165, 1.54) is 0 Å². The molecule has 2 N–H and O–H groups in total. The van der Waals surface area contributed by atoms with Crippen LogP contribution < -0.4 is 10.6 Å². The topological polar surface area (TPSA) is 67.4 Å². The Hall–Kier alpha value is -1.88. The average Bonchev–Trinajstić information content (AvgIpc) is 2.93. The van der Waals surface area contributed by atoms with Crippen LogP contribution in [0.1, 0.15) is 18.9 Å². The first-order valence-corrected chi connectivity index (χ1v) is 6.95. The summed E-state index contributed by atoms with van der Waals surface area (Å²) in [6.45, 7) is 3.78. The second kappa shape index (κ2) is 7.05. The van der Waals surface area contributed by atoms with Crippen LogP contribution in [0.2, 0.25) is 0 Å². The molecule has 0 bridgehead atoms. The Morgan fingerprint density at radius 1 is 1.45 bits per heavy atom. The number of ether oxygens (including phenoxy) is 1. The van der Waals surface area contributed by atoms with E-state index in [0.717, 1.165) is 30.8 Å². The van der Waals surface area contributed by atoms with Crippen LogP contribution >= 0.6 is 0 Å². The Kier molecular flexibility index (Phi) is 5.12. The van der Waals surface area contributed by atoms with Crippen LogP contribution in [0.15, 0.2) is 24.3 Å². The molecule has 1 amide bonds. The monoisotopic (exact) mass is 276 g/mol. The summed E-state index contributed by atoms with van der Waals surface area (Å²) in [6, 6.07) is 7.33. The van der Waals surface area contributed by atoms with Crippen molar-refractivity contribution in [3.8, 4) is 0 Å². The van der Waals surface area contributed by atoms with E-state index in [1.54, 1.807) is 6.92 Å². The highest BCUT2D eigenvalue weighted by Gasteiger charge is 2.22. The summed E-state index contributed by atoms with van der Waals surface area (Å²) in [4.78, 5) is 23.4. The summed E-state index contributed by atoms with van der Waals surface area (Å²) in [7, 11) is 0. The normalized spacial score (nSPS) is 17.8. The number of esters is 1. The van der Waals surface area contributed by atoms with Crippen LogP contribution in [0.3, 0.4) is 0 Å². The highest BCUT2D eigenvalue weighted by Crippen LogP contribution is 2.15. The molecule has 1 aromatic rings. The molecule has 1 aliphatic heterocycles.